The van der Waals surface area contributed by atoms with E-state index in [-0.39, 0.29) is 30.4 Å². The third-order valence-corrected chi connectivity index (χ3v) is 6.72. The van der Waals surface area contributed by atoms with Crippen LogP contribution >= 0.6 is 15.9 Å². The Labute approximate surface area is 209 Å². The third-order valence-electron chi connectivity index (χ3n) is 6.22. The predicted octanol–water partition coefficient (Wildman–Crippen LogP) is 5.43. The smallest absolute Gasteiger partial charge is 0.291 e. The van der Waals surface area contributed by atoms with Crippen LogP contribution in [0.5, 0.6) is 17.2 Å². The van der Waals surface area contributed by atoms with E-state index in [1.165, 1.54) is 0 Å². The lowest BCUT2D eigenvalue weighted by Gasteiger charge is -2.25. The fourth-order valence-corrected chi connectivity index (χ4v) is 5.01. The summed E-state index contributed by atoms with van der Waals surface area (Å²) >= 11 is 3.43. The van der Waals surface area contributed by atoms with Gasteiger partial charge in [-0.15, -0.1) is 0 Å². The maximum atomic E-state index is 13.7. The highest BCUT2D eigenvalue weighted by molar-refractivity contribution is 9.10. The molecule has 6 rings (SSSR count). The Hall–Kier alpha value is -3.78. The number of hydrogen-bond donors (Lipinski definition) is 0. The fraction of sp³-hybridized carbons (Fsp3) is 0.185. The maximum absolute atomic E-state index is 13.7. The number of nitrogens with zero attached hydrogens (tertiary/aromatic N) is 1. The van der Waals surface area contributed by atoms with Gasteiger partial charge in [0.1, 0.15) is 11.3 Å². The molecular weight excluding hydrogens is 514 g/mol. The average Bonchev–Trinajstić information content (AvgIpc) is 3.43. The summed E-state index contributed by atoms with van der Waals surface area (Å²) in [5.74, 6) is 1.76. The Morgan fingerprint density at radius 2 is 1.80 bits per heavy atom. The molecule has 0 bridgehead atoms. The van der Waals surface area contributed by atoms with E-state index in [1.807, 2.05) is 49.4 Å². The van der Waals surface area contributed by atoms with Crippen molar-refractivity contribution in [2.75, 3.05) is 13.4 Å². The summed E-state index contributed by atoms with van der Waals surface area (Å²) in [7, 11) is 0. The van der Waals surface area contributed by atoms with Gasteiger partial charge in [-0.25, -0.2) is 0 Å². The van der Waals surface area contributed by atoms with E-state index < -0.39 is 6.04 Å². The zero-order chi connectivity index (χ0) is 24.1. The zero-order valence-electron chi connectivity index (χ0n) is 18.7. The number of fused-ring (bicyclic) bond motifs is 3. The van der Waals surface area contributed by atoms with E-state index >= 15 is 0 Å². The summed E-state index contributed by atoms with van der Waals surface area (Å²) in [6.45, 7) is 2.89. The van der Waals surface area contributed by atoms with Crippen LogP contribution in [0.2, 0.25) is 0 Å². The van der Waals surface area contributed by atoms with Gasteiger partial charge in [-0.1, -0.05) is 34.1 Å². The van der Waals surface area contributed by atoms with Crippen LogP contribution in [0.25, 0.3) is 11.0 Å². The first-order valence-corrected chi connectivity index (χ1v) is 12.0. The van der Waals surface area contributed by atoms with Crippen molar-refractivity contribution in [3.63, 3.8) is 0 Å². The van der Waals surface area contributed by atoms with E-state index in [1.54, 1.807) is 23.1 Å². The first-order chi connectivity index (χ1) is 17.0. The van der Waals surface area contributed by atoms with E-state index in [9.17, 15) is 9.59 Å². The van der Waals surface area contributed by atoms with Gasteiger partial charge in [0.05, 0.1) is 23.6 Å². The van der Waals surface area contributed by atoms with Crippen LogP contribution in [0, 0.1) is 0 Å². The Balaban J connectivity index is 1.49. The molecule has 3 heterocycles. The standard InChI is InChI=1S/C27H20BrNO6/c1-2-32-18-7-4-16(5-8-18)24-23-25(30)19-12-17(28)6-10-20(19)35-26(23)27(31)29(24)13-15-3-9-21-22(11-15)34-14-33-21/h3-12,24H,2,13-14H2,1H3. The molecule has 0 saturated heterocycles. The van der Waals surface area contributed by atoms with Gasteiger partial charge < -0.3 is 23.5 Å². The SMILES string of the molecule is CCOc1ccc(C2c3c(oc4ccc(Br)cc4c3=O)C(=O)N2Cc2ccc3c(c2)OCO3)cc1. The van der Waals surface area contributed by atoms with Gasteiger partial charge in [0, 0.05) is 11.0 Å². The Morgan fingerprint density at radius 3 is 2.60 bits per heavy atom. The second-order valence-corrected chi connectivity index (χ2v) is 9.26. The van der Waals surface area contributed by atoms with Crippen molar-refractivity contribution in [1.82, 2.24) is 4.90 Å². The van der Waals surface area contributed by atoms with Gasteiger partial charge in [0.15, 0.2) is 16.9 Å². The first-order valence-electron chi connectivity index (χ1n) is 11.2. The minimum atomic E-state index is -0.613. The fourth-order valence-electron chi connectivity index (χ4n) is 4.65. The summed E-state index contributed by atoms with van der Waals surface area (Å²) in [6, 6.07) is 17.6. The van der Waals surface area contributed by atoms with Crippen molar-refractivity contribution in [3.05, 3.63) is 97.8 Å². The molecule has 1 aromatic heterocycles. The Morgan fingerprint density at radius 1 is 1.00 bits per heavy atom. The highest BCUT2D eigenvalue weighted by Crippen LogP contribution is 2.41. The topological polar surface area (TPSA) is 78.2 Å². The van der Waals surface area contributed by atoms with Gasteiger partial charge in [0.2, 0.25) is 12.6 Å². The van der Waals surface area contributed by atoms with Crippen LogP contribution in [0.3, 0.4) is 0 Å². The molecule has 8 heteroatoms. The largest absolute Gasteiger partial charge is 0.494 e. The Kier molecular flexibility index (Phi) is 5.25. The lowest BCUT2D eigenvalue weighted by atomic mass is 9.98. The molecule has 1 unspecified atom stereocenters. The van der Waals surface area contributed by atoms with Gasteiger partial charge in [0.25, 0.3) is 5.91 Å². The molecule has 0 radical (unpaired) electrons. The normalized spacial score (nSPS) is 16.1. The second kappa shape index (κ2) is 8.46. The van der Waals surface area contributed by atoms with E-state index in [0.717, 1.165) is 21.3 Å². The van der Waals surface area contributed by atoms with Crippen LogP contribution < -0.4 is 19.6 Å². The molecule has 4 aromatic rings. The zero-order valence-corrected chi connectivity index (χ0v) is 20.3. The summed E-state index contributed by atoms with van der Waals surface area (Å²) in [5.41, 5.74) is 2.14. The molecule has 3 aromatic carbocycles. The number of carbonyl (C=O) groups excluding carboxylic acids is 1. The number of ether oxygens (including phenoxy) is 3. The van der Waals surface area contributed by atoms with Crippen LogP contribution in [-0.2, 0) is 6.54 Å². The number of rotatable bonds is 5. The number of carbonyl (C=O) groups is 1. The highest BCUT2D eigenvalue weighted by atomic mass is 79.9. The molecule has 0 aliphatic carbocycles. The summed E-state index contributed by atoms with van der Waals surface area (Å²) in [4.78, 5) is 29.0. The molecule has 2 aliphatic heterocycles. The second-order valence-electron chi connectivity index (χ2n) is 8.34. The molecule has 7 nitrogen and oxygen atoms in total. The summed E-state index contributed by atoms with van der Waals surface area (Å²) < 4.78 is 23.3. The summed E-state index contributed by atoms with van der Waals surface area (Å²) in [6.07, 6.45) is 0. The quantitative estimate of drug-likeness (QED) is 0.340. The van der Waals surface area contributed by atoms with Crippen molar-refractivity contribution >= 4 is 32.8 Å². The molecule has 2 aliphatic rings. The minimum absolute atomic E-state index is 0.0736. The summed E-state index contributed by atoms with van der Waals surface area (Å²) in [5, 5.41) is 0.423. The molecule has 176 valence electrons. The molecule has 0 N–H and O–H groups in total. The van der Waals surface area contributed by atoms with Crippen LogP contribution in [-0.4, -0.2) is 24.2 Å². The highest BCUT2D eigenvalue weighted by Gasteiger charge is 2.42. The number of amides is 1. The van der Waals surface area contributed by atoms with Crippen LogP contribution in [0.1, 0.15) is 40.2 Å². The number of benzene rings is 3. The maximum Gasteiger partial charge on any atom is 0.291 e. The Bertz CT molecular complexity index is 1530. The molecular formula is C27H20BrNO6. The van der Waals surface area contributed by atoms with Crippen molar-refractivity contribution in [1.29, 1.82) is 0 Å². The monoisotopic (exact) mass is 533 g/mol. The average molecular weight is 534 g/mol. The predicted molar refractivity (Wildman–Crippen MR) is 132 cm³/mol. The van der Waals surface area contributed by atoms with E-state index in [4.69, 9.17) is 18.6 Å². The molecule has 0 saturated carbocycles. The minimum Gasteiger partial charge on any atom is -0.494 e. The van der Waals surface area contributed by atoms with Gasteiger partial charge >= 0.3 is 0 Å². The van der Waals surface area contributed by atoms with Crippen LogP contribution in [0.4, 0.5) is 0 Å². The van der Waals surface area contributed by atoms with E-state index in [0.29, 0.717) is 34.6 Å². The lowest BCUT2D eigenvalue weighted by Crippen LogP contribution is -2.29. The van der Waals surface area contributed by atoms with Crippen molar-refractivity contribution in [3.8, 4) is 17.2 Å². The van der Waals surface area contributed by atoms with Gasteiger partial charge in [-0.2, -0.15) is 0 Å². The van der Waals surface area contributed by atoms with Crippen molar-refractivity contribution < 1.29 is 23.4 Å². The third kappa shape index (κ3) is 3.65. The van der Waals surface area contributed by atoms with Gasteiger partial charge in [-0.05, 0) is 60.5 Å². The van der Waals surface area contributed by atoms with Crippen molar-refractivity contribution in [2.45, 2.75) is 19.5 Å². The first kappa shape index (κ1) is 21.7. The molecule has 0 fully saturated rings. The van der Waals surface area contributed by atoms with Crippen molar-refractivity contribution in [2.24, 2.45) is 0 Å². The van der Waals surface area contributed by atoms with Gasteiger partial charge in [-0.3, -0.25) is 9.59 Å². The van der Waals surface area contributed by atoms with E-state index in [2.05, 4.69) is 15.9 Å². The molecule has 1 amide bonds. The molecule has 1 atom stereocenters. The molecule has 35 heavy (non-hydrogen) atoms. The number of halogens is 1. The lowest BCUT2D eigenvalue weighted by molar-refractivity contribution is 0.0714. The van der Waals surface area contributed by atoms with Crippen LogP contribution in [0.15, 0.2) is 74.3 Å². The number of hydrogen-bond acceptors (Lipinski definition) is 6. The molecule has 0 spiro atoms.